The number of rotatable bonds is 8. The molecular weight excluding hydrogens is 384 g/mol. The van der Waals surface area contributed by atoms with Gasteiger partial charge in [-0.2, -0.15) is 16.4 Å². The number of nitrogens with zero attached hydrogens (tertiary/aromatic N) is 1. The minimum atomic E-state index is -0.316. The smallest absolute Gasteiger partial charge is 0.220 e. The SMILES string of the molecule is O=C(CC[C@]1(Cc2ccsc2)CCC(=O)N1)NCc1cc(-c2ccccc2)n[nH]1. The van der Waals surface area contributed by atoms with Crippen LogP contribution < -0.4 is 10.6 Å². The molecule has 3 N–H and O–H groups in total. The van der Waals surface area contributed by atoms with E-state index in [2.05, 4.69) is 32.3 Å². The molecule has 1 aromatic carbocycles. The summed E-state index contributed by atoms with van der Waals surface area (Å²) in [6.07, 6.45) is 3.09. The number of nitrogens with one attached hydrogen (secondary N) is 3. The van der Waals surface area contributed by atoms with Gasteiger partial charge in [-0.25, -0.2) is 0 Å². The number of carbonyl (C=O) groups excluding carboxylic acids is 2. The van der Waals surface area contributed by atoms with E-state index in [4.69, 9.17) is 0 Å². The number of hydrogen-bond acceptors (Lipinski definition) is 4. The number of hydrogen-bond donors (Lipinski definition) is 3. The van der Waals surface area contributed by atoms with Crippen molar-refractivity contribution >= 4 is 23.2 Å². The zero-order valence-electron chi connectivity index (χ0n) is 16.1. The normalized spacial score (nSPS) is 18.6. The summed E-state index contributed by atoms with van der Waals surface area (Å²) in [7, 11) is 0. The highest BCUT2D eigenvalue weighted by Gasteiger charge is 2.37. The van der Waals surface area contributed by atoms with Gasteiger partial charge < -0.3 is 10.6 Å². The Kier molecular flexibility index (Phi) is 5.76. The summed E-state index contributed by atoms with van der Waals surface area (Å²) in [6.45, 7) is 0.405. The van der Waals surface area contributed by atoms with Crippen molar-refractivity contribution in [3.8, 4) is 11.3 Å². The maximum atomic E-state index is 12.4. The molecule has 29 heavy (non-hydrogen) atoms. The van der Waals surface area contributed by atoms with Crippen molar-refractivity contribution in [2.45, 2.75) is 44.2 Å². The summed E-state index contributed by atoms with van der Waals surface area (Å²) < 4.78 is 0. The number of aromatic nitrogens is 2. The monoisotopic (exact) mass is 408 g/mol. The molecule has 3 heterocycles. The molecule has 1 aliphatic heterocycles. The van der Waals surface area contributed by atoms with Gasteiger partial charge >= 0.3 is 0 Å². The first kappa shape index (κ1) is 19.4. The van der Waals surface area contributed by atoms with Crippen molar-refractivity contribution in [1.29, 1.82) is 0 Å². The lowest BCUT2D eigenvalue weighted by molar-refractivity contribution is -0.122. The summed E-state index contributed by atoms with van der Waals surface area (Å²) in [6, 6.07) is 13.9. The standard InChI is InChI=1S/C22H24N4O2S/c27-20(23-14-18-12-19(26-25-18)17-4-2-1-3-5-17)6-9-22(10-7-21(28)24-22)13-16-8-11-29-15-16/h1-5,8,11-12,15H,6-7,9-10,13-14H2,(H,23,27)(H,24,28)(H,25,26)/t22-/m1/s1. The maximum absolute atomic E-state index is 12.4. The Morgan fingerprint density at radius 1 is 1.24 bits per heavy atom. The summed E-state index contributed by atoms with van der Waals surface area (Å²) in [5.74, 6) is 0.0539. The van der Waals surface area contributed by atoms with Crippen LogP contribution >= 0.6 is 11.3 Å². The predicted molar refractivity (Wildman–Crippen MR) is 113 cm³/mol. The van der Waals surface area contributed by atoms with Gasteiger partial charge in [0.05, 0.1) is 17.9 Å². The van der Waals surface area contributed by atoms with Crippen molar-refractivity contribution < 1.29 is 9.59 Å². The van der Waals surface area contributed by atoms with E-state index >= 15 is 0 Å². The predicted octanol–water partition coefficient (Wildman–Crippen LogP) is 3.43. The zero-order valence-corrected chi connectivity index (χ0v) is 16.9. The lowest BCUT2D eigenvalue weighted by atomic mass is 9.85. The van der Waals surface area contributed by atoms with E-state index in [1.165, 1.54) is 5.56 Å². The molecule has 2 aromatic heterocycles. The van der Waals surface area contributed by atoms with Crippen LogP contribution in [0.4, 0.5) is 0 Å². The third kappa shape index (κ3) is 4.92. The van der Waals surface area contributed by atoms with E-state index in [0.29, 0.717) is 25.8 Å². The molecule has 0 bridgehead atoms. The van der Waals surface area contributed by atoms with E-state index in [-0.39, 0.29) is 17.4 Å². The molecule has 0 unspecified atom stereocenters. The van der Waals surface area contributed by atoms with Crippen molar-refractivity contribution in [3.05, 3.63) is 64.5 Å². The lowest BCUT2D eigenvalue weighted by Crippen LogP contribution is -2.44. The van der Waals surface area contributed by atoms with Crippen molar-refractivity contribution in [2.24, 2.45) is 0 Å². The van der Waals surface area contributed by atoms with Gasteiger partial charge in [0.15, 0.2) is 0 Å². The topological polar surface area (TPSA) is 86.9 Å². The number of amides is 2. The minimum absolute atomic E-state index is 0.0216. The van der Waals surface area contributed by atoms with E-state index in [1.807, 2.05) is 41.8 Å². The molecule has 0 spiro atoms. The quantitative estimate of drug-likeness (QED) is 0.534. The highest BCUT2D eigenvalue weighted by Crippen LogP contribution is 2.30. The second kappa shape index (κ2) is 8.61. The fraction of sp³-hybridized carbons (Fsp3) is 0.318. The molecule has 2 amide bonds. The Morgan fingerprint density at radius 3 is 2.83 bits per heavy atom. The molecule has 7 heteroatoms. The highest BCUT2D eigenvalue weighted by atomic mass is 32.1. The van der Waals surface area contributed by atoms with Crippen LogP contribution in [-0.4, -0.2) is 27.6 Å². The Labute approximate surface area is 173 Å². The van der Waals surface area contributed by atoms with Crippen molar-refractivity contribution in [1.82, 2.24) is 20.8 Å². The summed E-state index contributed by atoms with van der Waals surface area (Å²) in [5.41, 5.74) is 3.65. The summed E-state index contributed by atoms with van der Waals surface area (Å²) >= 11 is 1.65. The number of H-pyrrole nitrogens is 1. The van der Waals surface area contributed by atoms with Gasteiger partial charge in [0, 0.05) is 23.9 Å². The first-order valence-electron chi connectivity index (χ1n) is 9.80. The van der Waals surface area contributed by atoms with Gasteiger partial charge in [0.1, 0.15) is 0 Å². The van der Waals surface area contributed by atoms with Crippen LogP contribution in [0.3, 0.4) is 0 Å². The maximum Gasteiger partial charge on any atom is 0.220 e. The molecule has 4 rings (SSSR count). The zero-order chi connectivity index (χ0) is 20.1. The molecule has 0 saturated carbocycles. The fourth-order valence-electron chi connectivity index (χ4n) is 3.81. The molecule has 1 saturated heterocycles. The van der Waals surface area contributed by atoms with Crippen LogP contribution in [0.2, 0.25) is 0 Å². The molecule has 1 fully saturated rings. The Balaban J connectivity index is 1.30. The second-order valence-electron chi connectivity index (χ2n) is 7.56. The molecular formula is C22H24N4O2S. The lowest BCUT2D eigenvalue weighted by Gasteiger charge is -2.29. The van der Waals surface area contributed by atoms with Crippen LogP contribution in [0, 0.1) is 0 Å². The van der Waals surface area contributed by atoms with Gasteiger partial charge in [-0.15, -0.1) is 0 Å². The largest absolute Gasteiger partial charge is 0.350 e. The minimum Gasteiger partial charge on any atom is -0.350 e. The van der Waals surface area contributed by atoms with Crippen LogP contribution in [0.25, 0.3) is 11.3 Å². The summed E-state index contributed by atoms with van der Waals surface area (Å²) in [5, 5.41) is 17.5. The third-order valence-corrected chi connectivity index (χ3v) is 6.10. The number of aromatic amines is 1. The van der Waals surface area contributed by atoms with Gasteiger partial charge in [0.2, 0.25) is 11.8 Å². The van der Waals surface area contributed by atoms with Crippen LogP contribution in [0.1, 0.15) is 36.9 Å². The van der Waals surface area contributed by atoms with E-state index in [9.17, 15) is 9.59 Å². The average molecular weight is 409 g/mol. The first-order valence-corrected chi connectivity index (χ1v) is 10.7. The Morgan fingerprint density at radius 2 is 2.10 bits per heavy atom. The average Bonchev–Trinajstić information content (AvgIpc) is 3.48. The molecule has 1 aliphatic rings. The van der Waals surface area contributed by atoms with Gasteiger partial charge in [-0.3, -0.25) is 14.7 Å². The molecule has 6 nitrogen and oxygen atoms in total. The van der Waals surface area contributed by atoms with Crippen LogP contribution in [-0.2, 0) is 22.6 Å². The van der Waals surface area contributed by atoms with Gasteiger partial charge in [-0.05, 0) is 47.7 Å². The van der Waals surface area contributed by atoms with E-state index in [1.54, 1.807) is 11.3 Å². The van der Waals surface area contributed by atoms with Crippen molar-refractivity contribution in [2.75, 3.05) is 0 Å². The molecule has 3 aromatic rings. The second-order valence-corrected chi connectivity index (χ2v) is 8.34. The van der Waals surface area contributed by atoms with Gasteiger partial charge in [-0.1, -0.05) is 30.3 Å². The van der Waals surface area contributed by atoms with Crippen molar-refractivity contribution in [3.63, 3.8) is 0 Å². The van der Waals surface area contributed by atoms with E-state index in [0.717, 1.165) is 29.8 Å². The summed E-state index contributed by atoms with van der Waals surface area (Å²) in [4.78, 5) is 24.3. The number of thiophene rings is 1. The number of carbonyl (C=O) groups is 2. The van der Waals surface area contributed by atoms with Crippen LogP contribution in [0.15, 0.2) is 53.2 Å². The molecule has 150 valence electrons. The third-order valence-electron chi connectivity index (χ3n) is 5.36. The molecule has 0 aliphatic carbocycles. The van der Waals surface area contributed by atoms with Crippen LogP contribution in [0.5, 0.6) is 0 Å². The molecule has 1 atom stereocenters. The first-order chi connectivity index (χ1) is 14.1. The highest BCUT2D eigenvalue weighted by molar-refractivity contribution is 7.07. The number of benzene rings is 1. The Bertz CT molecular complexity index is 968. The fourth-order valence-corrected chi connectivity index (χ4v) is 4.48. The van der Waals surface area contributed by atoms with Gasteiger partial charge in [0.25, 0.3) is 0 Å². The van der Waals surface area contributed by atoms with E-state index < -0.39 is 0 Å². The molecule has 0 radical (unpaired) electrons. The Hall–Kier alpha value is -2.93.